The van der Waals surface area contributed by atoms with E-state index in [1.807, 2.05) is 0 Å². The van der Waals surface area contributed by atoms with Gasteiger partial charge in [0.1, 0.15) is 5.15 Å². The first-order chi connectivity index (χ1) is 8.97. The Labute approximate surface area is 127 Å². The quantitative estimate of drug-likeness (QED) is 0.822. The van der Waals surface area contributed by atoms with Gasteiger partial charge >= 0.3 is 0 Å². The summed E-state index contributed by atoms with van der Waals surface area (Å²) in [5, 5.41) is 3.32. The minimum Gasteiger partial charge on any atom is -0.349 e. The molecule has 1 aromatic heterocycles. The normalized spacial score (nSPS) is 27.1. The van der Waals surface area contributed by atoms with Crippen molar-refractivity contribution in [3.63, 3.8) is 0 Å². The molecule has 0 bridgehead atoms. The molecule has 0 saturated heterocycles. The van der Waals surface area contributed by atoms with Gasteiger partial charge in [0.25, 0.3) is 5.91 Å². The zero-order valence-corrected chi connectivity index (χ0v) is 13.5. The van der Waals surface area contributed by atoms with Gasteiger partial charge in [-0.25, -0.2) is 4.98 Å². The lowest BCUT2D eigenvalue weighted by molar-refractivity contribution is 0.0910. The molecule has 1 aliphatic carbocycles. The molecule has 3 unspecified atom stereocenters. The van der Waals surface area contributed by atoms with E-state index < -0.39 is 0 Å². The van der Waals surface area contributed by atoms with Gasteiger partial charge in [-0.15, -0.1) is 0 Å². The fourth-order valence-electron chi connectivity index (χ4n) is 2.52. The van der Waals surface area contributed by atoms with Crippen LogP contribution >= 0.6 is 27.5 Å². The van der Waals surface area contributed by atoms with Gasteiger partial charge in [-0.2, -0.15) is 0 Å². The van der Waals surface area contributed by atoms with E-state index in [2.05, 4.69) is 40.1 Å². The Bertz CT molecular complexity index is 481. The lowest BCUT2D eigenvalue weighted by atomic mass is 9.79. The highest BCUT2D eigenvalue weighted by Crippen LogP contribution is 2.29. The molecule has 1 aliphatic rings. The van der Waals surface area contributed by atoms with Gasteiger partial charge < -0.3 is 5.32 Å². The summed E-state index contributed by atoms with van der Waals surface area (Å²) in [6.45, 7) is 4.52. The number of hydrogen-bond donors (Lipinski definition) is 1. The lowest BCUT2D eigenvalue weighted by Crippen LogP contribution is -2.40. The summed E-state index contributed by atoms with van der Waals surface area (Å²) in [6, 6.07) is 1.95. The third-order valence-electron chi connectivity index (χ3n) is 3.98. The van der Waals surface area contributed by atoms with Gasteiger partial charge in [0, 0.05) is 16.7 Å². The second-order valence-electron chi connectivity index (χ2n) is 5.43. The fraction of sp³-hybridized carbons (Fsp3) is 0.571. The van der Waals surface area contributed by atoms with E-state index in [4.69, 9.17) is 11.6 Å². The van der Waals surface area contributed by atoms with Gasteiger partial charge in [0.15, 0.2) is 0 Å². The van der Waals surface area contributed by atoms with Crippen molar-refractivity contribution in [3.05, 3.63) is 27.5 Å². The lowest BCUT2D eigenvalue weighted by Gasteiger charge is -2.32. The van der Waals surface area contributed by atoms with E-state index in [0.29, 0.717) is 11.5 Å². The largest absolute Gasteiger partial charge is 0.349 e. The zero-order valence-electron chi connectivity index (χ0n) is 11.1. The van der Waals surface area contributed by atoms with Crippen LogP contribution in [0.5, 0.6) is 0 Å². The van der Waals surface area contributed by atoms with Gasteiger partial charge in [-0.1, -0.05) is 25.4 Å². The first kappa shape index (κ1) is 14.8. The Hall–Kier alpha value is -0.610. The average Bonchev–Trinajstić information content (AvgIpc) is 2.36. The van der Waals surface area contributed by atoms with Crippen molar-refractivity contribution >= 4 is 33.4 Å². The van der Waals surface area contributed by atoms with Gasteiger partial charge in [-0.05, 0) is 53.1 Å². The number of hydrogen-bond acceptors (Lipinski definition) is 2. The van der Waals surface area contributed by atoms with Crippen molar-refractivity contribution in [3.8, 4) is 0 Å². The maximum Gasteiger partial charge on any atom is 0.254 e. The molecule has 3 nitrogen and oxygen atoms in total. The van der Waals surface area contributed by atoms with E-state index in [1.165, 1.54) is 0 Å². The molecule has 1 heterocycles. The highest BCUT2D eigenvalue weighted by molar-refractivity contribution is 9.10. The van der Waals surface area contributed by atoms with Crippen LogP contribution in [-0.4, -0.2) is 16.9 Å². The number of amides is 1. The highest BCUT2D eigenvalue weighted by Gasteiger charge is 2.26. The van der Waals surface area contributed by atoms with Crippen molar-refractivity contribution in [2.75, 3.05) is 0 Å². The Balaban J connectivity index is 2.03. The fourth-order valence-corrected chi connectivity index (χ4v) is 3.04. The first-order valence-corrected chi connectivity index (χ1v) is 7.76. The average molecular weight is 346 g/mol. The second-order valence-corrected chi connectivity index (χ2v) is 6.70. The summed E-state index contributed by atoms with van der Waals surface area (Å²) in [5.41, 5.74) is 0.433. The number of pyridine rings is 1. The number of rotatable bonds is 2. The van der Waals surface area contributed by atoms with Crippen LogP contribution < -0.4 is 5.32 Å². The van der Waals surface area contributed by atoms with Crippen LogP contribution in [0, 0.1) is 11.8 Å². The van der Waals surface area contributed by atoms with Crippen LogP contribution in [0.15, 0.2) is 16.7 Å². The van der Waals surface area contributed by atoms with Crippen molar-refractivity contribution in [2.45, 2.75) is 39.2 Å². The molecule has 1 aromatic rings. The van der Waals surface area contributed by atoms with Crippen molar-refractivity contribution in [1.82, 2.24) is 10.3 Å². The molecular formula is C14H18BrClN2O. The maximum absolute atomic E-state index is 12.2. The van der Waals surface area contributed by atoms with Crippen LogP contribution in [0.2, 0.25) is 5.15 Å². The molecule has 1 fully saturated rings. The van der Waals surface area contributed by atoms with Crippen LogP contribution in [0.3, 0.4) is 0 Å². The predicted molar refractivity (Wildman–Crippen MR) is 80.4 cm³/mol. The standard InChI is InChI=1S/C14H18BrClN2O/c1-8-3-4-11(5-9(8)2)18-14(19)12-6-10(15)7-17-13(12)16/h6-9,11H,3-5H2,1-2H3,(H,18,19). The summed E-state index contributed by atoms with van der Waals surface area (Å²) in [5.74, 6) is 1.25. The monoisotopic (exact) mass is 344 g/mol. The molecule has 0 radical (unpaired) electrons. The van der Waals surface area contributed by atoms with E-state index in [1.54, 1.807) is 12.3 Å². The third-order valence-corrected chi connectivity index (χ3v) is 4.72. The number of aromatic nitrogens is 1. The maximum atomic E-state index is 12.2. The Kier molecular flexibility index (Phi) is 4.85. The molecule has 0 spiro atoms. The molecule has 0 aromatic carbocycles. The molecule has 2 rings (SSSR count). The number of nitrogens with zero attached hydrogens (tertiary/aromatic N) is 1. The van der Waals surface area contributed by atoms with Crippen LogP contribution in [-0.2, 0) is 0 Å². The molecule has 5 heteroatoms. The number of nitrogens with one attached hydrogen (secondary N) is 1. The van der Waals surface area contributed by atoms with Crippen LogP contribution in [0.1, 0.15) is 43.5 Å². The minimum absolute atomic E-state index is 0.134. The minimum atomic E-state index is -0.134. The molecule has 0 aliphatic heterocycles. The molecule has 104 valence electrons. The number of carbonyl (C=O) groups excluding carboxylic acids is 1. The van der Waals surface area contributed by atoms with E-state index in [0.717, 1.165) is 29.7 Å². The molecule has 1 N–H and O–H groups in total. The van der Waals surface area contributed by atoms with Gasteiger partial charge in [0.2, 0.25) is 0 Å². The SMILES string of the molecule is CC1CCC(NC(=O)c2cc(Br)cnc2Cl)CC1C. The smallest absolute Gasteiger partial charge is 0.254 e. The summed E-state index contributed by atoms with van der Waals surface area (Å²) in [4.78, 5) is 16.2. The molecular weight excluding hydrogens is 328 g/mol. The highest BCUT2D eigenvalue weighted by atomic mass is 79.9. The van der Waals surface area contributed by atoms with E-state index in [9.17, 15) is 4.79 Å². The molecule has 1 amide bonds. The van der Waals surface area contributed by atoms with Crippen LogP contribution in [0.4, 0.5) is 0 Å². The van der Waals surface area contributed by atoms with Crippen molar-refractivity contribution in [1.29, 1.82) is 0 Å². The third kappa shape index (κ3) is 3.69. The zero-order chi connectivity index (χ0) is 14.0. The first-order valence-electron chi connectivity index (χ1n) is 6.59. The topological polar surface area (TPSA) is 42.0 Å². The second kappa shape index (κ2) is 6.23. The van der Waals surface area contributed by atoms with Crippen molar-refractivity contribution < 1.29 is 4.79 Å². The summed E-state index contributed by atoms with van der Waals surface area (Å²) < 4.78 is 0.757. The predicted octanol–water partition coefficient (Wildman–Crippen LogP) is 4.05. The summed E-state index contributed by atoms with van der Waals surface area (Å²) >= 11 is 9.27. The van der Waals surface area contributed by atoms with E-state index in [-0.39, 0.29) is 17.1 Å². The molecule has 1 saturated carbocycles. The summed E-state index contributed by atoms with van der Waals surface area (Å²) in [7, 11) is 0. The van der Waals surface area contributed by atoms with E-state index >= 15 is 0 Å². The Morgan fingerprint density at radius 2 is 2.16 bits per heavy atom. The van der Waals surface area contributed by atoms with Gasteiger partial charge in [-0.3, -0.25) is 4.79 Å². The van der Waals surface area contributed by atoms with Gasteiger partial charge in [0.05, 0.1) is 5.56 Å². The summed E-state index contributed by atoms with van der Waals surface area (Å²) in [6.07, 6.45) is 4.82. The Morgan fingerprint density at radius 1 is 1.42 bits per heavy atom. The Morgan fingerprint density at radius 3 is 2.84 bits per heavy atom. The number of halogens is 2. The number of carbonyl (C=O) groups is 1. The van der Waals surface area contributed by atoms with Crippen molar-refractivity contribution in [2.24, 2.45) is 11.8 Å². The van der Waals surface area contributed by atoms with Crippen LogP contribution in [0.25, 0.3) is 0 Å². The molecule has 3 atom stereocenters. The molecule has 19 heavy (non-hydrogen) atoms.